The van der Waals surface area contributed by atoms with E-state index in [-0.39, 0.29) is 11.0 Å². The normalized spacial score (nSPS) is 17.1. The van der Waals surface area contributed by atoms with Crippen molar-refractivity contribution in [3.05, 3.63) is 65.1 Å². The van der Waals surface area contributed by atoms with Gasteiger partial charge >= 0.3 is 5.82 Å². The summed E-state index contributed by atoms with van der Waals surface area (Å²) in [5, 5.41) is 0.156. The molecule has 0 radical (unpaired) electrons. The van der Waals surface area contributed by atoms with Gasteiger partial charge in [0.25, 0.3) is 0 Å². The Bertz CT molecular complexity index is 946. The second-order valence-electron chi connectivity index (χ2n) is 6.29. The van der Waals surface area contributed by atoms with E-state index in [0.29, 0.717) is 11.7 Å². The topological polar surface area (TPSA) is 62.1 Å². The lowest BCUT2D eigenvalue weighted by atomic mass is 9.97. The SMILES string of the molecule is [C-]#[N+]c1ncc(N2CCCC(c3ncc(-c4ccccc4)[nH]3)C2)nc1Cl. The highest BCUT2D eigenvalue weighted by molar-refractivity contribution is 6.31. The Morgan fingerprint density at radius 3 is 2.81 bits per heavy atom. The average molecular weight is 365 g/mol. The number of rotatable bonds is 3. The molecular weight excluding hydrogens is 348 g/mol. The van der Waals surface area contributed by atoms with Gasteiger partial charge in [0.2, 0.25) is 0 Å². The summed E-state index contributed by atoms with van der Waals surface area (Å²) >= 11 is 6.04. The monoisotopic (exact) mass is 364 g/mol. The first kappa shape index (κ1) is 16.6. The maximum Gasteiger partial charge on any atom is 0.307 e. The molecule has 0 aliphatic carbocycles. The van der Waals surface area contributed by atoms with Crippen LogP contribution in [0.4, 0.5) is 11.6 Å². The van der Waals surface area contributed by atoms with Gasteiger partial charge in [0, 0.05) is 19.0 Å². The first-order valence-electron chi connectivity index (χ1n) is 8.50. The number of piperidine rings is 1. The van der Waals surface area contributed by atoms with Crippen LogP contribution in [0.15, 0.2) is 42.7 Å². The van der Waals surface area contributed by atoms with E-state index in [1.54, 1.807) is 6.20 Å². The first-order valence-corrected chi connectivity index (χ1v) is 8.87. The molecule has 1 aromatic carbocycles. The lowest BCUT2D eigenvalue weighted by Crippen LogP contribution is -2.35. The van der Waals surface area contributed by atoms with Gasteiger partial charge in [0.15, 0.2) is 17.2 Å². The molecule has 0 amide bonds. The van der Waals surface area contributed by atoms with Crippen LogP contribution in [0.1, 0.15) is 24.6 Å². The van der Waals surface area contributed by atoms with E-state index in [1.807, 2.05) is 24.4 Å². The predicted octanol–water partition coefficient (Wildman–Crippen LogP) is 4.45. The van der Waals surface area contributed by atoms with Crippen molar-refractivity contribution < 1.29 is 0 Å². The van der Waals surface area contributed by atoms with E-state index in [2.05, 4.69) is 41.8 Å². The quantitative estimate of drug-likeness (QED) is 0.697. The summed E-state index contributed by atoms with van der Waals surface area (Å²) in [7, 11) is 0. The molecule has 6 nitrogen and oxygen atoms in total. The van der Waals surface area contributed by atoms with Gasteiger partial charge in [-0.05, 0) is 18.4 Å². The van der Waals surface area contributed by atoms with E-state index in [0.717, 1.165) is 43.0 Å². The molecule has 1 fully saturated rings. The van der Waals surface area contributed by atoms with Crippen molar-refractivity contribution in [2.45, 2.75) is 18.8 Å². The highest BCUT2D eigenvalue weighted by atomic mass is 35.5. The highest BCUT2D eigenvalue weighted by Gasteiger charge is 2.25. The number of hydrogen-bond acceptors (Lipinski definition) is 4. The molecule has 0 spiro atoms. The largest absolute Gasteiger partial charge is 0.358 e. The third kappa shape index (κ3) is 3.26. The minimum atomic E-state index is 0.141. The molecule has 1 N–H and O–H groups in total. The van der Waals surface area contributed by atoms with Gasteiger partial charge < -0.3 is 14.7 Å². The molecule has 1 atom stereocenters. The van der Waals surface area contributed by atoms with Crippen molar-refractivity contribution in [2.24, 2.45) is 0 Å². The average Bonchev–Trinajstić information content (AvgIpc) is 3.19. The van der Waals surface area contributed by atoms with Gasteiger partial charge in [-0.25, -0.2) is 9.97 Å². The molecule has 4 rings (SSSR count). The van der Waals surface area contributed by atoms with Crippen LogP contribution in [0.5, 0.6) is 0 Å². The van der Waals surface area contributed by atoms with E-state index in [1.165, 1.54) is 0 Å². The maximum atomic E-state index is 7.03. The van der Waals surface area contributed by atoms with Gasteiger partial charge in [0.1, 0.15) is 5.82 Å². The number of H-pyrrole nitrogens is 1. The lowest BCUT2D eigenvalue weighted by molar-refractivity contribution is 0.491. The molecule has 130 valence electrons. The molecule has 0 bridgehead atoms. The van der Waals surface area contributed by atoms with Crippen molar-refractivity contribution >= 4 is 23.2 Å². The third-order valence-electron chi connectivity index (χ3n) is 4.62. The van der Waals surface area contributed by atoms with Crippen molar-refractivity contribution in [1.82, 2.24) is 19.9 Å². The predicted molar refractivity (Wildman–Crippen MR) is 102 cm³/mol. The number of aromatic nitrogens is 4. The van der Waals surface area contributed by atoms with Crippen molar-refractivity contribution in [3.8, 4) is 11.3 Å². The van der Waals surface area contributed by atoms with Crippen LogP contribution < -0.4 is 4.90 Å². The zero-order valence-electron chi connectivity index (χ0n) is 14.1. The summed E-state index contributed by atoms with van der Waals surface area (Å²) in [6.07, 6.45) is 5.62. The fourth-order valence-corrected chi connectivity index (χ4v) is 3.47. The molecular formula is C19H17ClN6. The van der Waals surface area contributed by atoms with E-state index < -0.39 is 0 Å². The minimum absolute atomic E-state index is 0.141. The summed E-state index contributed by atoms with van der Waals surface area (Å²) in [4.78, 5) is 21.9. The number of anilines is 1. The minimum Gasteiger partial charge on any atom is -0.358 e. The first-order chi connectivity index (χ1) is 12.7. The van der Waals surface area contributed by atoms with E-state index >= 15 is 0 Å². The van der Waals surface area contributed by atoms with Crippen molar-refractivity contribution in [3.63, 3.8) is 0 Å². The molecule has 7 heteroatoms. The molecule has 3 heterocycles. The van der Waals surface area contributed by atoms with Gasteiger partial charge in [-0.3, -0.25) is 0 Å². The van der Waals surface area contributed by atoms with Crippen LogP contribution in [-0.2, 0) is 0 Å². The van der Waals surface area contributed by atoms with Crippen LogP contribution in [-0.4, -0.2) is 33.0 Å². The Labute approximate surface area is 156 Å². The van der Waals surface area contributed by atoms with E-state index in [4.69, 9.17) is 18.2 Å². The van der Waals surface area contributed by atoms with Crippen LogP contribution >= 0.6 is 11.6 Å². The Hall–Kier alpha value is -2.91. The summed E-state index contributed by atoms with van der Waals surface area (Å²) in [6.45, 7) is 8.72. The van der Waals surface area contributed by atoms with Crippen LogP contribution in [0.3, 0.4) is 0 Å². The summed E-state index contributed by atoms with van der Waals surface area (Å²) < 4.78 is 0. The number of benzene rings is 1. The number of nitrogens with zero attached hydrogens (tertiary/aromatic N) is 5. The Kier molecular flexibility index (Phi) is 4.55. The second-order valence-corrected chi connectivity index (χ2v) is 6.65. The summed E-state index contributed by atoms with van der Waals surface area (Å²) in [5.41, 5.74) is 2.16. The zero-order valence-corrected chi connectivity index (χ0v) is 14.8. The standard InChI is InChI=1S/C19H17ClN6/c1-21-19-17(20)25-16(11-23-19)26-9-5-8-14(12-26)18-22-10-15(24-18)13-6-3-2-4-7-13/h2-4,6-7,10-11,14H,5,8-9,12H2,(H,22,24). The Balaban J connectivity index is 1.53. The number of aromatic amines is 1. The fraction of sp³-hybridized carbons (Fsp3) is 0.263. The van der Waals surface area contributed by atoms with Crippen molar-refractivity contribution in [1.29, 1.82) is 0 Å². The number of imidazole rings is 1. The number of halogens is 1. The molecule has 1 unspecified atom stereocenters. The number of hydrogen-bond donors (Lipinski definition) is 1. The van der Waals surface area contributed by atoms with Crippen molar-refractivity contribution in [2.75, 3.05) is 18.0 Å². The third-order valence-corrected chi connectivity index (χ3v) is 4.87. The second kappa shape index (κ2) is 7.14. The molecule has 1 aliphatic rings. The Morgan fingerprint density at radius 2 is 2.04 bits per heavy atom. The highest BCUT2D eigenvalue weighted by Crippen LogP contribution is 2.30. The van der Waals surface area contributed by atoms with Gasteiger partial charge in [0.05, 0.1) is 11.9 Å². The number of nitrogens with one attached hydrogen (secondary N) is 1. The van der Waals surface area contributed by atoms with Crippen LogP contribution in [0.25, 0.3) is 16.1 Å². The lowest BCUT2D eigenvalue weighted by Gasteiger charge is -2.32. The van der Waals surface area contributed by atoms with Gasteiger partial charge in [-0.2, -0.15) is 0 Å². The van der Waals surface area contributed by atoms with E-state index in [9.17, 15) is 0 Å². The smallest absolute Gasteiger partial charge is 0.307 e. The maximum absolute atomic E-state index is 7.03. The fourth-order valence-electron chi connectivity index (χ4n) is 3.30. The molecule has 26 heavy (non-hydrogen) atoms. The summed E-state index contributed by atoms with van der Waals surface area (Å²) in [5.74, 6) is 2.14. The molecule has 1 aliphatic heterocycles. The molecule has 3 aromatic rings. The van der Waals surface area contributed by atoms with Crippen LogP contribution in [0, 0.1) is 6.57 Å². The Morgan fingerprint density at radius 1 is 1.19 bits per heavy atom. The summed E-state index contributed by atoms with van der Waals surface area (Å²) in [6, 6.07) is 10.2. The van der Waals surface area contributed by atoms with Gasteiger partial charge in [-0.15, -0.1) is 4.98 Å². The van der Waals surface area contributed by atoms with Gasteiger partial charge in [-0.1, -0.05) is 48.5 Å². The molecule has 0 saturated carbocycles. The zero-order chi connectivity index (χ0) is 17.9. The molecule has 2 aromatic heterocycles. The molecule has 1 saturated heterocycles. The van der Waals surface area contributed by atoms with Crippen LogP contribution in [0.2, 0.25) is 5.15 Å².